The molecule has 0 aliphatic rings. The Hall–Kier alpha value is -1.82. The van der Waals surface area contributed by atoms with Gasteiger partial charge >= 0.3 is 5.97 Å². The predicted molar refractivity (Wildman–Crippen MR) is 63.1 cm³/mol. The lowest BCUT2D eigenvalue weighted by Gasteiger charge is -2.18. The number of carbonyl (C=O) groups excluding carboxylic acids is 1. The van der Waals surface area contributed by atoms with E-state index in [-0.39, 0.29) is 23.7 Å². The normalized spacial score (nSPS) is 13.8. The second-order valence-corrected chi connectivity index (χ2v) is 3.61. The molecule has 0 aliphatic heterocycles. The molecule has 1 rings (SSSR count). The van der Waals surface area contributed by atoms with Crippen molar-refractivity contribution in [1.29, 1.82) is 0 Å². The first-order valence-corrected chi connectivity index (χ1v) is 5.44. The molecule has 0 bridgehead atoms. The highest BCUT2D eigenvalue weighted by molar-refractivity contribution is 5.76. The van der Waals surface area contributed by atoms with Crippen LogP contribution in [0.15, 0.2) is 18.2 Å². The molecule has 1 aromatic rings. The van der Waals surface area contributed by atoms with E-state index in [1.54, 1.807) is 6.92 Å². The molecule has 6 heteroatoms. The Kier molecular flexibility index (Phi) is 4.91. The third kappa shape index (κ3) is 3.10. The van der Waals surface area contributed by atoms with Crippen molar-refractivity contribution >= 4 is 5.97 Å². The Labute approximate surface area is 104 Å². The van der Waals surface area contributed by atoms with Crippen molar-refractivity contribution < 1.29 is 23.8 Å². The molecular weight excluding hydrogens is 241 g/mol. The van der Waals surface area contributed by atoms with Crippen LogP contribution in [-0.2, 0) is 9.53 Å². The third-order valence-corrected chi connectivity index (χ3v) is 2.40. The van der Waals surface area contributed by atoms with Gasteiger partial charge in [0.2, 0.25) is 6.17 Å². The summed E-state index contributed by atoms with van der Waals surface area (Å²) in [5.74, 6) is -0.830. The third-order valence-electron chi connectivity index (χ3n) is 2.40. The zero-order chi connectivity index (χ0) is 13.7. The minimum absolute atomic E-state index is 0.0330. The number of alkyl halides is 1. The van der Waals surface area contributed by atoms with Gasteiger partial charge in [-0.25, -0.2) is 9.18 Å². The number of phenolic OH excluding ortho intramolecular Hbond substituents is 1. The summed E-state index contributed by atoms with van der Waals surface area (Å²) in [6, 6.07) is 2.84. The van der Waals surface area contributed by atoms with Crippen molar-refractivity contribution in [3.8, 4) is 11.5 Å². The topological polar surface area (TPSA) is 81.8 Å². The van der Waals surface area contributed by atoms with Crippen LogP contribution in [0.4, 0.5) is 4.39 Å². The number of aromatic hydroxyl groups is 1. The van der Waals surface area contributed by atoms with Crippen molar-refractivity contribution in [2.45, 2.75) is 19.1 Å². The van der Waals surface area contributed by atoms with Crippen molar-refractivity contribution in [2.75, 3.05) is 13.7 Å². The second-order valence-electron chi connectivity index (χ2n) is 3.61. The molecule has 0 saturated heterocycles. The molecule has 0 spiro atoms. The summed E-state index contributed by atoms with van der Waals surface area (Å²) in [5, 5.41) is 9.28. The monoisotopic (exact) mass is 257 g/mol. The largest absolute Gasteiger partial charge is 0.508 e. The van der Waals surface area contributed by atoms with Gasteiger partial charge in [-0.3, -0.25) is 0 Å². The average Bonchev–Trinajstić information content (AvgIpc) is 2.37. The molecule has 100 valence electrons. The van der Waals surface area contributed by atoms with E-state index in [9.17, 15) is 14.3 Å². The lowest BCUT2D eigenvalue weighted by atomic mass is 10.0. The molecule has 3 N–H and O–H groups in total. The summed E-state index contributed by atoms with van der Waals surface area (Å²) < 4.78 is 23.3. The lowest BCUT2D eigenvalue weighted by molar-refractivity contribution is -0.149. The lowest BCUT2D eigenvalue weighted by Crippen LogP contribution is -2.31. The van der Waals surface area contributed by atoms with E-state index in [0.717, 1.165) is 0 Å². The molecule has 0 heterocycles. The van der Waals surface area contributed by atoms with Crippen LogP contribution in [0.25, 0.3) is 0 Å². The molecule has 0 aromatic heterocycles. The Bertz CT molecular complexity index is 425. The minimum atomic E-state index is -1.98. The van der Waals surface area contributed by atoms with Gasteiger partial charge in [0.1, 0.15) is 11.5 Å². The van der Waals surface area contributed by atoms with Crippen molar-refractivity contribution in [3.05, 3.63) is 23.8 Å². The highest BCUT2D eigenvalue weighted by Gasteiger charge is 2.29. The maximum atomic E-state index is 13.8. The predicted octanol–water partition coefficient (Wildman–Crippen LogP) is 1.30. The fraction of sp³-hybridized carbons (Fsp3) is 0.417. The van der Waals surface area contributed by atoms with Crippen LogP contribution in [0.1, 0.15) is 18.5 Å². The molecule has 18 heavy (non-hydrogen) atoms. The van der Waals surface area contributed by atoms with Crippen LogP contribution < -0.4 is 10.5 Å². The molecule has 5 nitrogen and oxygen atoms in total. The highest BCUT2D eigenvalue weighted by Crippen LogP contribution is 2.30. The SMILES string of the molecule is CCOC(=O)C(F)[C@@H](N)c1ccc(O)cc1OC. The van der Waals surface area contributed by atoms with Crippen molar-refractivity contribution in [1.82, 2.24) is 0 Å². The molecule has 0 saturated carbocycles. The fourth-order valence-corrected chi connectivity index (χ4v) is 1.50. The second kappa shape index (κ2) is 6.20. The molecule has 1 aromatic carbocycles. The number of phenols is 1. The van der Waals surface area contributed by atoms with Crippen molar-refractivity contribution in [3.63, 3.8) is 0 Å². The molecule has 0 radical (unpaired) electrons. The molecular formula is C12H16FNO4. The molecule has 2 atom stereocenters. The zero-order valence-electron chi connectivity index (χ0n) is 10.2. The quantitative estimate of drug-likeness (QED) is 0.777. The summed E-state index contributed by atoms with van der Waals surface area (Å²) in [6.45, 7) is 1.66. The van der Waals surface area contributed by atoms with Gasteiger partial charge in [-0.2, -0.15) is 0 Å². The summed E-state index contributed by atoms with van der Waals surface area (Å²) >= 11 is 0. The van der Waals surface area contributed by atoms with Gasteiger partial charge in [0.15, 0.2) is 0 Å². The summed E-state index contributed by atoms with van der Waals surface area (Å²) in [4.78, 5) is 11.3. The Morgan fingerprint density at radius 1 is 1.56 bits per heavy atom. The molecule has 0 fully saturated rings. The van der Waals surface area contributed by atoms with Gasteiger partial charge in [0.05, 0.1) is 19.8 Å². The van der Waals surface area contributed by atoms with E-state index >= 15 is 0 Å². The number of hydrogen-bond donors (Lipinski definition) is 2. The van der Waals surface area contributed by atoms with Crippen molar-refractivity contribution in [2.24, 2.45) is 5.73 Å². The fourth-order valence-electron chi connectivity index (χ4n) is 1.50. The van der Waals surface area contributed by atoms with E-state index in [4.69, 9.17) is 10.5 Å². The standard InChI is InChI=1S/C12H16FNO4/c1-3-18-12(16)10(13)11(14)8-5-4-7(15)6-9(8)17-2/h4-6,10-11,15H,3,14H2,1-2H3/t10?,11-/m0/s1. The van der Waals surface area contributed by atoms with E-state index in [2.05, 4.69) is 4.74 Å². The average molecular weight is 257 g/mol. The number of ether oxygens (including phenoxy) is 2. The van der Waals surface area contributed by atoms with Crippen LogP contribution >= 0.6 is 0 Å². The first-order valence-electron chi connectivity index (χ1n) is 5.44. The number of halogens is 1. The minimum Gasteiger partial charge on any atom is -0.508 e. The van der Waals surface area contributed by atoms with Gasteiger partial charge in [-0.15, -0.1) is 0 Å². The number of nitrogens with two attached hydrogens (primary N) is 1. The Balaban J connectivity index is 2.95. The van der Waals surface area contributed by atoms with Gasteiger partial charge < -0.3 is 20.3 Å². The number of carbonyl (C=O) groups is 1. The highest BCUT2D eigenvalue weighted by atomic mass is 19.1. The van der Waals surface area contributed by atoms with E-state index < -0.39 is 18.2 Å². The Morgan fingerprint density at radius 2 is 2.22 bits per heavy atom. The number of rotatable bonds is 5. The number of benzene rings is 1. The molecule has 1 unspecified atom stereocenters. The van der Waals surface area contributed by atoms with Crippen LogP contribution in [0, 0.1) is 0 Å². The van der Waals surface area contributed by atoms with Crippen LogP contribution in [0.2, 0.25) is 0 Å². The number of hydrogen-bond acceptors (Lipinski definition) is 5. The smallest absolute Gasteiger partial charge is 0.342 e. The first kappa shape index (κ1) is 14.2. The summed E-state index contributed by atoms with van der Waals surface area (Å²) in [5.41, 5.74) is 5.95. The molecule has 0 amide bonds. The van der Waals surface area contributed by atoms with E-state index in [1.807, 2.05) is 0 Å². The van der Waals surface area contributed by atoms with E-state index in [1.165, 1.54) is 25.3 Å². The van der Waals surface area contributed by atoms with Crippen LogP contribution in [0.3, 0.4) is 0 Å². The summed E-state index contributed by atoms with van der Waals surface area (Å²) in [6.07, 6.45) is -1.98. The maximum Gasteiger partial charge on any atom is 0.342 e. The Morgan fingerprint density at radius 3 is 2.78 bits per heavy atom. The van der Waals surface area contributed by atoms with Crippen LogP contribution in [-0.4, -0.2) is 31.0 Å². The molecule has 0 aliphatic carbocycles. The zero-order valence-corrected chi connectivity index (χ0v) is 10.2. The van der Waals surface area contributed by atoms with E-state index in [0.29, 0.717) is 0 Å². The van der Waals surface area contributed by atoms with Gasteiger partial charge in [0.25, 0.3) is 0 Å². The maximum absolute atomic E-state index is 13.8. The summed E-state index contributed by atoms with van der Waals surface area (Å²) in [7, 11) is 1.36. The van der Waals surface area contributed by atoms with Gasteiger partial charge in [-0.1, -0.05) is 0 Å². The number of methoxy groups -OCH3 is 1. The van der Waals surface area contributed by atoms with Crippen LogP contribution in [0.5, 0.6) is 11.5 Å². The van der Waals surface area contributed by atoms with Gasteiger partial charge in [-0.05, 0) is 19.1 Å². The van der Waals surface area contributed by atoms with Gasteiger partial charge in [0, 0.05) is 11.6 Å². The first-order chi connectivity index (χ1) is 8.51. The number of esters is 1.